The van der Waals surface area contributed by atoms with Crippen LogP contribution < -0.4 is 27.8 Å². The molecule has 7 fully saturated rings. The van der Waals surface area contributed by atoms with Crippen molar-refractivity contribution < 1.29 is 162 Å². The number of carbonyl (C=O) groups excluding carboxylic acids is 7. The fraction of sp³-hybridized carbons (Fsp3) is 0.667. The summed E-state index contributed by atoms with van der Waals surface area (Å²) < 4.78 is 56.4. The normalized spacial score (nSPS) is 35.8. The van der Waals surface area contributed by atoms with Gasteiger partial charge in [0.25, 0.3) is 11.8 Å². The smallest absolute Gasteiger partial charge is 0.445 e. The summed E-state index contributed by atoms with van der Waals surface area (Å²) in [5.41, 5.74) is 19.8. The molecular formula is C75H112N8O33. The van der Waals surface area contributed by atoms with E-state index < -0.39 is 226 Å². The highest BCUT2D eigenvalue weighted by Gasteiger charge is 2.55. The molecule has 30 atom stereocenters. The summed E-state index contributed by atoms with van der Waals surface area (Å²) in [7, 11) is 1.55. The molecule has 3 aromatic carbocycles. The van der Waals surface area contributed by atoms with Gasteiger partial charge in [0.05, 0.1) is 67.9 Å². The van der Waals surface area contributed by atoms with Gasteiger partial charge in [-0.2, -0.15) is 0 Å². The number of hydrogen-bond acceptors (Lipinski definition) is 36. The number of amides is 6. The van der Waals surface area contributed by atoms with Crippen LogP contribution in [0.15, 0.2) is 91.0 Å². The number of benzene rings is 3. The van der Waals surface area contributed by atoms with Gasteiger partial charge in [0.1, 0.15) is 105 Å². The van der Waals surface area contributed by atoms with Crippen LogP contribution in [0.5, 0.6) is 0 Å². The Morgan fingerprint density at radius 2 is 0.888 bits per heavy atom. The van der Waals surface area contributed by atoms with Crippen LogP contribution in [0, 0.1) is 17.8 Å². The molecule has 5 saturated heterocycles. The summed E-state index contributed by atoms with van der Waals surface area (Å²) in [6, 6.07) is 22.9. The molecule has 116 heavy (non-hydrogen) atoms. The lowest BCUT2D eigenvalue weighted by molar-refractivity contribution is -0.340. The van der Waals surface area contributed by atoms with E-state index in [1.807, 2.05) is 36.4 Å². The van der Waals surface area contributed by atoms with Crippen molar-refractivity contribution in [2.75, 3.05) is 46.4 Å². The van der Waals surface area contributed by atoms with E-state index in [4.69, 9.17) is 74.2 Å². The van der Waals surface area contributed by atoms with Crippen LogP contribution in [0.3, 0.4) is 0 Å². The largest absolute Gasteiger partial charge is 0.468 e. The molecule has 41 nitrogen and oxygen atoms in total. The third-order valence-corrected chi connectivity index (χ3v) is 21.0. The minimum atomic E-state index is -1.64. The number of nitrogens with two attached hydrogens (primary N) is 3. The molecular weight excluding hydrogens is 1540 g/mol. The summed E-state index contributed by atoms with van der Waals surface area (Å²) >= 11 is 0. The maximum absolute atomic E-state index is 13.4. The van der Waals surface area contributed by atoms with Crippen molar-refractivity contribution in [3.63, 3.8) is 0 Å². The van der Waals surface area contributed by atoms with Crippen LogP contribution in [0.2, 0.25) is 0 Å². The van der Waals surface area contributed by atoms with Crippen LogP contribution >= 0.6 is 0 Å². The zero-order chi connectivity index (χ0) is 84.9. The van der Waals surface area contributed by atoms with Gasteiger partial charge in [-0.3, -0.25) is 14.4 Å². The summed E-state index contributed by atoms with van der Waals surface area (Å²) in [4.78, 5) is 97.0. The molecule has 22 N–H and O–H groups in total. The molecule has 0 radical (unpaired) electrons. The monoisotopic (exact) mass is 1650 g/mol. The van der Waals surface area contributed by atoms with Gasteiger partial charge >= 0.3 is 24.2 Å². The number of hydroxylamine groups is 4. The predicted molar refractivity (Wildman–Crippen MR) is 394 cm³/mol. The molecule has 7 aliphatic rings. The lowest BCUT2D eigenvalue weighted by atomic mass is 9.74. The molecule has 41 heteroatoms. The van der Waals surface area contributed by atoms with E-state index in [0.29, 0.717) is 29.4 Å². The van der Waals surface area contributed by atoms with E-state index in [9.17, 15) is 105 Å². The number of aliphatic hydroxyl groups excluding tert-OH is 14. The highest BCUT2D eigenvalue weighted by molar-refractivity contribution is 6.01. The molecule has 5 heterocycles. The molecule has 3 aromatic rings. The molecule has 2 unspecified atom stereocenters. The number of hydrogen-bond donors (Lipinski definition) is 19. The van der Waals surface area contributed by atoms with Gasteiger partial charge in [0.2, 0.25) is 5.91 Å². The Bertz CT molecular complexity index is 3490. The first kappa shape index (κ1) is 94.0. The van der Waals surface area contributed by atoms with Gasteiger partial charge in [-0.1, -0.05) is 107 Å². The Balaban J connectivity index is 0.000000225. The van der Waals surface area contributed by atoms with Crippen LogP contribution in [-0.4, -0.2) is 340 Å². The zero-order valence-electron chi connectivity index (χ0n) is 64.7. The predicted octanol–water partition coefficient (Wildman–Crippen LogP) is -4.81. The Morgan fingerprint density at radius 3 is 1.34 bits per heavy atom. The van der Waals surface area contributed by atoms with Crippen molar-refractivity contribution in [1.29, 1.82) is 0 Å². The second-order valence-corrected chi connectivity index (χ2v) is 29.4. The number of alkyl carbamates (subject to hydrolysis) is 2. The van der Waals surface area contributed by atoms with Gasteiger partial charge in [-0.05, 0) is 66.7 Å². The van der Waals surface area contributed by atoms with Gasteiger partial charge in [-0.15, -0.1) is 10.1 Å². The first-order valence-corrected chi connectivity index (χ1v) is 38.4. The molecule has 5 aliphatic heterocycles. The molecule has 0 spiro atoms. The van der Waals surface area contributed by atoms with Crippen LogP contribution in [0.4, 0.5) is 14.4 Å². The number of aliphatic hydroxyl groups is 14. The first-order valence-electron chi connectivity index (χ1n) is 38.4. The average molecular weight is 1650 g/mol. The SMILES string of the molecule is CC[C@H]1O[C@H](OC2[C@@H](C)C[C@@H](CC(=O)N(C)CCNC(=O)OCc3ccccc3)[C@H](O[C@H]3O[C@H](CO)[C@@H](O)[C@H](N)[C@H]3O)[C@H]2O)[C@H](O)[C@@H](O)[C@@H]1O.CC[C@H]1O[C@H](OC2[C@@H](C)C[C@@H](N)[C@H](O[C@H]3O[C@H](CO)[C@@H](O)[C@H](N)[C@H]3O)[C@H]2O)[C@H](O)[C@@H](O)[C@@H]1O.O=C(NCCN(OC(=O)c1ccccc1)C(=O)ON1C(=O)CCC1=O)OCc1ccccc1. The fourth-order valence-corrected chi connectivity index (χ4v) is 14.2. The minimum Gasteiger partial charge on any atom is -0.445 e. The Hall–Kier alpha value is -7.45. The number of carbonyl (C=O) groups is 7. The summed E-state index contributed by atoms with van der Waals surface area (Å²) in [5, 5.41) is 151. The molecule has 0 bridgehead atoms. The molecule has 10 rings (SSSR count). The lowest BCUT2D eigenvalue weighted by Gasteiger charge is -2.49. The van der Waals surface area contributed by atoms with E-state index >= 15 is 0 Å². The standard InChI is InChI=1S/C33H53N3O14.C22H21N3O8.C20H38N2O11/c1-4-19-24(40)26(42)27(43)32(47-19)49-29-16(2)12-18(30(28(29)44)50-31-25(41)22(34)23(39)20(14-37)48-31)13-21(38)36(3)11-10-35-33(45)46-15-17-8-6-5-7-9-17;26-18-11-12-19(27)25(18)33-22(30)24(32-20(28)17-9-5-2-6-10-17)14-13-23-21(29)31-15-16-7-3-1-4-8-16;1-3-8-12(25)14(27)15(28)20(30-8)32-17-6(2)4-7(21)18(16(17)29)33-19-13(26)10(22)11(24)9(5-23)31-19/h5-9,16,18-20,22-32,37,39-44H,4,10-15,34H2,1-3H3,(H,35,45);1-10H,11-15H2,(H,23,29);6-20,23-29H,3-5,21-22H2,1-2H3/t16-,18-,19+,20+,22-,23+,24+,25+,26-,27+,28-,29?,30-,31+,32+;;6-,7+,8+,9+,10-,11+,12+,13+,14-,15+,16-,17?,18-,19+,20+/m0.0/s1. The van der Waals surface area contributed by atoms with Gasteiger partial charge < -0.3 is 161 Å². The van der Waals surface area contributed by atoms with Gasteiger partial charge in [-0.25, -0.2) is 19.2 Å². The van der Waals surface area contributed by atoms with Crippen molar-refractivity contribution in [3.8, 4) is 0 Å². The van der Waals surface area contributed by atoms with Gasteiger partial charge in [0, 0.05) is 52.0 Å². The second kappa shape index (κ2) is 44.6. The van der Waals surface area contributed by atoms with Crippen LogP contribution in [0.1, 0.15) is 94.1 Å². The number of ether oxygens (including phenoxy) is 10. The quantitative estimate of drug-likeness (QED) is 0.0265. The average Bonchev–Trinajstić information content (AvgIpc) is 0.805. The van der Waals surface area contributed by atoms with Crippen molar-refractivity contribution in [3.05, 3.63) is 108 Å². The molecule has 6 amide bonds. The number of nitrogens with zero attached hydrogens (tertiary/aromatic N) is 3. The van der Waals surface area contributed by atoms with Gasteiger partial charge in [0.15, 0.2) is 25.2 Å². The number of nitrogens with one attached hydrogen (secondary N) is 2. The molecule has 2 aliphatic carbocycles. The second-order valence-electron chi connectivity index (χ2n) is 29.4. The highest BCUT2D eigenvalue weighted by atomic mass is 16.8. The topological polar surface area (TPSA) is 625 Å². The number of likely N-dealkylation sites (N-methyl/N-ethyl adjacent to an activating group) is 1. The number of imide groups is 1. The van der Waals surface area contributed by atoms with Crippen molar-refractivity contribution in [2.45, 2.75) is 251 Å². The summed E-state index contributed by atoms with van der Waals surface area (Å²) in [6.07, 6.45) is -33.2. The van der Waals surface area contributed by atoms with E-state index in [2.05, 4.69) is 10.6 Å². The molecule has 650 valence electrons. The number of rotatable bonds is 26. The Morgan fingerprint density at radius 1 is 0.491 bits per heavy atom. The maximum Gasteiger partial charge on any atom is 0.468 e. The molecule has 2 saturated carbocycles. The Labute approximate surface area is 667 Å². The van der Waals surface area contributed by atoms with E-state index in [-0.39, 0.29) is 82.5 Å². The fourth-order valence-electron chi connectivity index (χ4n) is 14.2. The molecule has 0 aromatic heterocycles. The van der Waals surface area contributed by atoms with E-state index in [1.54, 1.807) is 77.2 Å². The van der Waals surface area contributed by atoms with Crippen LogP contribution in [0.25, 0.3) is 0 Å². The first-order chi connectivity index (χ1) is 55.2. The third kappa shape index (κ3) is 24.6. The van der Waals surface area contributed by atoms with Crippen molar-refractivity contribution in [2.24, 2.45) is 35.0 Å². The minimum absolute atomic E-state index is 0.0423. The summed E-state index contributed by atoms with van der Waals surface area (Å²) in [6.45, 7) is 5.66. The third-order valence-electron chi connectivity index (χ3n) is 21.0. The maximum atomic E-state index is 13.4. The highest BCUT2D eigenvalue weighted by Crippen LogP contribution is 2.41. The van der Waals surface area contributed by atoms with Crippen molar-refractivity contribution >= 4 is 42.0 Å². The Kier molecular flexibility index (Phi) is 36.1. The van der Waals surface area contributed by atoms with E-state index in [1.165, 1.54) is 17.0 Å². The van der Waals surface area contributed by atoms with Crippen molar-refractivity contribution in [1.82, 2.24) is 25.7 Å². The summed E-state index contributed by atoms with van der Waals surface area (Å²) in [5.74, 6) is -4.05. The zero-order valence-corrected chi connectivity index (χ0v) is 64.7. The van der Waals surface area contributed by atoms with Crippen LogP contribution in [-0.2, 0) is 84.6 Å². The van der Waals surface area contributed by atoms with E-state index in [0.717, 1.165) is 11.1 Å². The lowest BCUT2D eigenvalue weighted by Crippen LogP contribution is -2.66.